The number of nitrogens with zero attached hydrogens (tertiary/aromatic N) is 3. The minimum Gasteiger partial charge on any atom is -0.365 e. The number of rotatable bonds is 3. The molecule has 1 fully saturated rings. The summed E-state index contributed by atoms with van der Waals surface area (Å²) < 4.78 is 8.40. The largest absolute Gasteiger partial charge is 0.365 e. The predicted molar refractivity (Wildman–Crippen MR) is 133 cm³/mol. The zero-order chi connectivity index (χ0) is 23.3. The van der Waals surface area contributed by atoms with Crippen LogP contribution >= 0.6 is 11.6 Å². The molecular formula is C28H26ClN3O2. The fourth-order valence-electron chi connectivity index (χ4n) is 5.50. The van der Waals surface area contributed by atoms with Gasteiger partial charge in [0.25, 0.3) is 5.91 Å². The quantitative estimate of drug-likeness (QED) is 0.384. The van der Waals surface area contributed by atoms with Crippen LogP contribution in [-0.4, -0.2) is 33.4 Å². The van der Waals surface area contributed by atoms with E-state index in [2.05, 4.69) is 39.9 Å². The first-order valence-corrected chi connectivity index (χ1v) is 12.1. The van der Waals surface area contributed by atoms with Gasteiger partial charge < -0.3 is 14.2 Å². The third-order valence-electron chi connectivity index (χ3n) is 7.26. The third-order valence-corrected chi connectivity index (χ3v) is 7.49. The van der Waals surface area contributed by atoms with Crippen LogP contribution < -0.4 is 0 Å². The monoisotopic (exact) mass is 471 g/mol. The van der Waals surface area contributed by atoms with Gasteiger partial charge in [-0.1, -0.05) is 41.9 Å². The number of carbonyl (C=O) groups is 1. The lowest BCUT2D eigenvalue weighted by atomic mass is 9.83. The summed E-state index contributed by atoms with van der Waals surface area (Å²) in [5.41, 5.74) is 6.11. The van der Waals surface area contributed by atoms with Crippen molar-refractivity contribution in [2.45, 2.75) is 38.5 Å². The molecule has 172 valence electrons. The lowest BCUT2D eigenvalue weighted by Gasteiger charge is -2.39. The van der Waals surface area contributed by atoms with Crippen LogP contribution in [0.15, 0.2) is 67.0 Å². The van der Waals surface area contributed by atoms with E-state index in [0.717, 1.165) is 40.6 Å². The number of hydrogen-bond donors (Lipinski definition) is 0. The van der Waals surface area contributed by atoms with E-state index in [1.807, 2.05) is 48.5 Å². The highest BCUT2D eigenvalue weighted by Crippen LogP contribution is 2.44. The highest BCUT2D eigenvalue weighted by atomic mass is 35.5. The van der Waals surface area contributed by atoms with Crippen molar-refractivity contribution >= 4 is 28.4 Å². The Morgan fingerprint density at radius 1 is 1.12 bits per heavy atom. The highest BCUT2D eigenvalue weighted by molar-refractivity contribution is 6.31. The van der Waals surface area contributed by atoms with Crippen molar-refractivity contribution in [2.24, 2.45) is 0 Å². The maximum absolute atomic E-state index is 13.7. The smallest absolute Gasteiger partial charge is 0.256 e. The third kappa shape index (κ3) is 3.60. The fraction of sp³-hybridized carbons (Fsp3) is 0.286. The summed E-state index contributed by atoms with van der Waals surface area (Å²) in [6.07, 6.45) is 5.43. The van der Waals surface area contributed by atoms with Gasteiger partial charge in [0, 0.05) is 48.1 Å². The van der Waals surface area contributed by atoms with Gasteiger partial charge in [0.05, 0.1) is 23.3 Å². The summed E-state index contributed by atoms with van der Waals surface area (Å²) in [6, 6.07) is 18.3. The van der Waals surface area contributed by atoms with Gasteiger partial charge in [0.1, 0.15) is 0 Å². The Morgan fingerprint density at radius 3 is 2.76 bits per heavy atom. The van der Waals surface area contributed by atoms with Crippen LogP contribution in [0.25, 0.3) is 10.9 Å². The van der Waals surface area contributed by atoms with E-state index in [1.54, 1.807) is 0 Å². The van der Waals surface area contributed by atoms with Crippen LogP contribution in [0.4, 0.5) is 0 Å². The predicted octanol–water partition coefficient (Wildman–Crippen LogP) is 5.71. The van der Waals surface area contributed by atoms with E-state index < -0.39 is 0 Å². The van der Waals surface area contributed by atoms with E-state index >= 15 is 0 Å². The van der Waals surface area contributed by atoms with Gasteiger partial charge >= 0.3 is 0 Å². The van der Waals surface area contributed by atoms with E-state index in [-0.39, 0.29) is 11.5 Å². The van der Waals surface area contributed by atoms with Crippen molar-refractivity contribution in [2.75, 3.05) is 13.1 Å². The first-order valence-electron chi connectivity index (χ1n) is 11.7. The summed E-state index contributed by atoms with van der Waals surface area (Å²) >= 11 is 6.33. The van der Waals surface area contributed by atoms with Gasteiger partial charge in [0.15, 0.2) is 0 Å². The van der Waals surface area contributed by atoms with E-state index in [1.165, 1.54) is 11.1 Å². The molecule has 0 saturated carbocycles. The number of pyridine rings is 1. The standard InChI is InChI=1S/C28H26ClN3O2/c1-19-14-20(8-11-30-19)16-32-17-24(23-7-6-22(29)15-26(23)32)27(33)31-12-9-28(10-13-31)25-5-3-2-4-21(25)18-34-28/h2-8,11,14-15,17H,9-10,12-13,16,18H2,1H3. The Balaban J connectivity index is 1.28. The molecule has 2 aromatic carbocycles. The van der Waals surface area contributed by atoms with E-state index in [4.69, 9.17) is 16.3 Å². The summed E-state index contributed by atoms with van der Waals surface area (Å²) in [6.45, 7) is 4.65. The number of ether oxygens (including phenoxy) is 1. The van der Waals surface area contributed by atoms with Crippen LogP contribution in [0.3, 0.4) is 0 Å². The average Bonchev–Trinajstić information content (AvgIpc) is 3.38. The number of aromatic nitrogens is 2. The molecule has 0 bridgehead atoms. The van der Waals surface area contributed by atoms with Crippen molar-refractivity contribution in [3.8, 4) is 0 Å². The molecule has 2 aromatic heterocycles. The first kappa shape index (κ1) is 21.4. The Kier molecular flexibility index (Phi) is 5.19. The number of fused-ring (bicyclic) bond motifs is 3. The molecule has 4 aromatic rings. The molecule has 6 heteroatoms. The van der Waals surface area contributed by atoms with Gasteiger partial charge in [0.2, 0.25) is 0 Å². The zero-order valence-electron chi connectivity index (χ0n) is 19.1. The number of piperidine rings is 1. The van der Waals surface area contributed by atoms with Crippen molar-refractivity contribution in [3.05, 3.63) is 100.0 Å². The second kappa shape index (κ2) is 8.26. The molecule has 2 aliphatic heterocycles. The first-order chi connectivity index (χ1) is 16.5. The Bertz CT molecular complexity index is 1400. The molecule has 0 radical (unpaired) electrons. The zero-order valence-corrected chi connectivity index (χ0v) is 19.9. The van der Waals surface area contributed by atoms with Crippen molar-refractivity contribution < 1.29 is 9.53 Å². The minimum absolute atomic E-state index is 0.0677. The summed E-state index contributed by atoms with van der Waals surface area (Å²) in [5, 5.41) is 1.59. The Labute approximate surface area is 203 Å². The van der Waals surface area contributed by atoms with Gasteiger partial charge in [-0.05, 0) is 60.7 Å². The lowest BCUT2D eigenvalue weighted by molar-refractivity contribution is -0.0741. The number of carbonyl (C=O) groups excluding carboxylic acids is 1. The maximum Gasteiger partial charge on any atom is 0.256 e. The number of likely N-dealkylation sites (tertiary alicyclic amines) is 1. The molecule has 5 nitrogen and oxygen atoms in total. The Hall–Kier alpha value is -3.15. The van der Waals surface area contributed by atoms with Crippen LogP contribution in [-0.2, 0) is 23.5 Å². The molecule has 1 saturated heterocycles. The molecule has 1 amide bonds. The number of halogens is 1. The molecule has 2 aliphatic rings. The molecule has 0 unspecified atom stereocenters. The van der Waals surface area contributed by atoms with Crippen molar-refractivity contribution in [3.63, 3.8) is 0 Å². The molecule has 4 heterocycles. The van der Waals surface area contributed by atoms with Gasteiger partial charge in [-0.2, -0.15) is 0 Å². The highest BCUT2D eigenvalue weighted by Gasteiger charge is 2.43. The second-order valence-electron chi connectivity index (χ2n) is 9.37. The van der Waals surface area contributed by atoms with Crippen LogP contribution in [0.1, 0.15) is 45.6 Å². The number of amides is 1. The fourth-order valence-corrected chi connectivity index (χ4v) is 5.67. The molecule has 0 aliphatic carbocycles. The molecule has 1 spiro atoms. The van der Waals surface area contributed by atoms with Gasteiger partial charge in [-0.15, -0.1) is 0 Å². The molecule has 6 rings (SSSR count). The molecule has 34 heavy (non-hydrogen) atoms. The number of hydrogen-bond acceptors (Lipinski definition) is 3. The number of aryl methyl sites for hydroxylation is 1. The average molecular weight is 472 g/mol. The topological polar surface area (TPSA) is 47.4 Å². The maximum atomic E-state index is 13.7. The number of benzene rings is 2. The van der Waals surface area contributed by atoms with Crippen molar-refractivity contribution in [1.82, 2.24) is 14.5 Å². The Morgan fingerprint density at radius 2 is 1.94 bits per heavy atom. The molecule has 0 atom stereocenters. The lowest BCUT2D eigenvalue weighted by Crippen LogP contribution is -2.45. The summed E-state index contributed by atoms with van der Waals surface area (Å²) in [7, 11) is 0. The van der Waals surface area contributed by atoms with E-state index in [0.29, 0.717) is 31.3 Å². The summed E-state index contributed by atoms with van der Waals surface area (Å²) in [4.78, 5) is 20.0. The molecule has 0 N–H and O–H groups in total. The second-order valence-corrected chi connectivity index (χ2v) is 9.81. The normalized spacial score (nSPS) is 16.8. The minimum atomic E-state index is -0.256. The van der Waals surface area contributed by atoms with Gasteiger partial charge in [-0.3, -0.25) is 9.78 Å². The van der Waals surface area contributed by atoms with Crippen LogP contribution in [0.2, 0.25) is 5.02 Å². The SMILES string of the molecule is Cc1cc(Cn2cc(C(=O)N3CCC4(CC3)OCc3ccccc34)c3ccc(Cl)cc32)ccn1. The van der Waals surface area contributed by atoms with Crippen molar-refractivity contribution in [1.29, 1.82) is 0 Å². The van der Waals surface area contributed by atoms with E-state index in [9.17, 15) is 4.79 Å². The molecular weight excluding hydrogens is 446 g/mol. The van der Waals surface area contributed by atoms with Crippen LogP contribution in [0, 0.1) is 6.92 Å². The van der Waals surface area contributed by atoms with Gasteiger partial charge in [-0.25, -0.2) is 0 Å². The summed E-state index contributed by atoms with van der Waals surface area (Å²) in [5.74, 6) is 0.0677. The van der Waals surface area contributed by atoms with Crippen LogP contribution in [0.5, 0.6) is 0 Å².